The molecule has 7 rings (SSSR count). The summed E-state index contributed by atoms with van der Waals surface area (Å²) in [4.78, 5) is 89.9. The zero-order chi connectivity index (χ0) is 40.4. The number of hydrogen-bond acceptors (Lipinski definition) is 10. The van der Waals surface area contributed by atoms with E-state index in [1.54, 1.807) is 30.0 Å². The Morgan fingerprint density at radius 3 is 2.61 bits per heavy atom. The van der Waals surface area contributed by atoms with Crippen LogP contribution in [0.4, 0.5) is 9.18 Å². The summed E-state index contributed by atoms with van der Waals surface area (Å²) in [7, 11) is 1.49. The van der Waals surface area contributed by atoms with E-state index in [4.69, 9.17) is 9.15 Å². The van der Waals surface area contributed by atoms with Crippen molar-refractivity contribution in [2.75, 3.05) is 19.4 Å². The minimum absolute atomic E-state index is 0.0128. The minimum Gasteiger partial charge on any atom is -0.497 e. The molecular weight excluding hydrogens is 762 g/mol. The number of unbranched alkanes of at least 4 members (excludes halogenated alkanes) is 3. The van der Waals surface area contributed by atoms with Gasteiger partial charge >= 0.3 is 12.0 Å². The van der Waals surface area contributed by atoms with E-state index in [0.717, 1.165) is 30.2 Å². The average Bonchev–Trinajstić information content (AvgIpc) is 3.98. The lowest BCUT2D eigenvalue weighted by Gasteiger charge is -2.28. The molecule has 0 saturated carbocycles. The van der Waals surface area contributed by atoms with Gasteiger partial charge in [0.1, 0.15) is 34.4 Å². The maximum atomic E-state index is 15.3. The van der Waals surface area contributed by atoms with Gasteiger partial charge in [-0.3, -0.25) is 29.3 Å². The molecule has 2 unspecified atom stereocenters. The number of amides is 6. The van der Waals surface area contributed by atoms with E-state index in [1.807, 2.05) is 0 Å². The highest BCUT2D eigenvalue weighted by molar-refractivity contribution is 8.00. The van der Waals surface area contributed by atoms with Gasteiger partial charge in [0.25, 0.3) is 5.91 Å². The number of nitrogens with zero attached hydrogens (tertiary/aromatic N) is 1. The van der Waals surface area contributed by atoms with Crippen LogP contribution in [-0.2, 0) is 31.1 Å². The number of aliphatic carboxylic acids is 1. The van der Waals surface area contributed by atoms with Gasteiger partial charge in [0.05, 0.1) is 31.2 Å². The molecule has 17 heteroatoms. The summed E-state index contributed by atoms with van der Waals surface area (Å²) in [5.41, 5.74) is -0.539. The summed E-state index contributed by atoms with van der Waals surface area (Å²) in [6.07, 6.45) is 3.51. The monoisotopic (exact) mass is 805 g/mol. The van der Waals surface area contributed by atoms with E-state index in [-0.39, 0.29) is 90.9 Å². The number of hydrogen-bond donors (Lipinski definition) is 5. The number of carboxylic acids is 1. The number of urea groups is 1. The zero-order valence-corrected chi connectivity index (χ0v) is 32.1. The number of ether oxygens (including phenoxy) is 1. The summed E-state index contributed by atoms with van der Waals surface area (Å²) >= 11 is 1.80. The van der Waals surface area contributed by atoms with Crippen LogP contribution in [0.5, 0.6) is 5.75 Å². The second-order valence-electron chi connectivity index (χ2n) is 15.1. The van der Waals surface area contributed by atoms with Crippen LogP contribution in [0.15, 0.2) is 40.8 Å². The number of furan rings is 1. The Kier molecular flexibility index (Phi) is 11.6. The Morgan fingerprint density at radius 1 is 1.05 bits per heavy atom. The number of halogens is 1. The summed E-state index contributed by atoms with van der Waals surface area (Å²) in [5.74, 6) is -2.91. The minimum atomic E-state index is -1.58. The van der Waals surface area contributed by atoms with E-state index in [1.165, 1.54) is 24.1 Å². The van der Waals surface area contributed by atoms with Crippen molar-refractivity contribution in [1.82, 2.24) is 26.2 Å². The molecule has 0 radical (unpaired) electrons. The van der Waals surface area contributed by atoms with Crippen LogP contribution in [0.3, 0.4) is 0 Å². The number of thioether (sulfide) groups is 1. The molecule has 3 saturated heterocycles. The van der Waals surface area contributed by atoms with E-state index >= 15 is 4.39 Å². The number of fused-ring (bicyclic) bond motifs is 3. The third-order valence-electron chi connectivity index (χ3n) is 11.3. The van der Waals surface area contributed by atoms with Crippen molar-refractivity contribution in [3.8, 4) is 5.75 Å². The Hall–Kier alpha value is -5.45. The van der Waals surface area contributed by atoms with Crippen LogP contribution < -0.4 is 26.0 Å². The highest BCUT2D eigenvalue weighted by Gasteiger charge is 2.53. The highest BCUT2D eigenvalue weighted by Crippen LogP contribution is 2.40. The molecule has 0 spiro atoms. The number of rotatable bonds is 18. The fraction of sp³-hybridized carbons (Fsp3) is 0.475. The number of imide groups is 1. The largest absolute Gasteiger partial charge is 0.497 e. The normalized spacial score (nSPS) is 22.9. The second-order valence-corrected chi connectivity index (χ2v) is 16.4. The molecule has 5 heterocycles. The van der Waals surface area contributed by atoms with Gasteiger partial charge in [0, 0.05) is 53.9 Å². The van der Waals surface area contributed by atoms with Gasteiger partial charge in [-0.1, -0.05) is 25.3 Å². The van der Waals surface area contributed by atoms with Crippen molar-refractivity contribution in [2.24, 2.45) is 0 Å². The third-order valence-corrected chi connectivity index (χ3v) is 12.8. The number of Topliss-reactive ketones (excluding diaryl/α,β-unsaturated/α-hetero) is 1. The lowest BCUT2D eigenvalue weighted by Crippen LogP contribution is -2.46. The second kappa shape index (κ2) is 16.6. The highest BCUT2D eigenvalue weighted by atomic mass is 32.2. The number of carbonyl (C=O) groups is 7. The fourth-order valence-corrected chi connectivity index (χ4v) is 9.77. The zero-order valence-electron chi connectivity index (χ0n) is 31.3. The number of carboxylic acid groups (broad SMARTS) is 1. The number of carbonyl (C=O) groups excluding carboxylic acids is 6. The molecule has 0 bridgehead atoms. The summed E-state index contributed by atoms with van der Waals surface area (Å²) in [6.45, 7) is 0.0201. The smallest absolute Gasteiger partial charge is 0.326 e. The first-order valence-corrected chi connectivity index (χ1v) is 20.2. The van der Waals surface area contributed by atoms with Crippen molar-refractivity contribution in [3.63, 3.8) is 0 Å². The predicted octanol–water partition coefficient (Wildman–Crippen LogP) is 3.95. The summed E-state index contributed by atoms with van der Waals surface area (Å²) in [5, 5.41) is 21.1. The van der Waals surface area contributed by atoms with Crippen molar-refractivity contribution < 1.29 is 52.2 Å². The van der Waals surface area contributed by atoms with Gasteiger partial charge in [-0.05, 0) is 55.5 Å². The molecule has 4 aliphatic heterocycles. The topological polar surface area (TPSA) is 213 Å². The van der Waals surface area contributed by atoms with Crippen LogP contribution >= 0.6 is 11.8 Å². The molecule has 3 aromatic rings. The van der Waals surface area contributed by atoms with Crippen LogP contribution in [0, 0.1) is 5.82 Å². The number of benzene rings is 2. The first-order chi connectivity index (χ1) is 27.3. The molecule has 15 nitrogen and oxygen atoms in total. The maximum Gasteiger partial charge on any atom is 0.326 e. The van der Waals surface area contributed by atoms with E-state index in [0.29, 0.717) is 42.4 Å². The molecule has 302 valence electrons. The van der Waals surface area contributed by atoms with Gasteiger partial charge in [-0.2, -0.15) is 11.8 Å². The quantitative estimate of drug-likeness (QED) is 0.0538. The van der Waals surface area contributed by atoms with Gasteiger partial charge in [0.15, 0.2) is 5.78 Å². The van der Waals surface area contributed by atoms with Crippen molar-refractivity contribution in [3.05, 3.63) is 64.7 Å². The third kappa shape index (κ3) is 8.34. The molecule has 1 aromatic heterocycles. The van der Waals surface area contributed by atoms with E-state index < -0.39 is 40.8 Å². The first-order valence-electron chi connectivity index (χ1n) is 19.1. The number of ketones is 1. The lowest BCUT2D eigenvalue weighted by molar-refractivity contribution is -0.142. The molecule has 5 atom stereocenters. The molecule has 0 aliphatic carbocycles. The predicted molar refractivity (Wildman–Crippen MR) is 204 cm³/mol. The average molecular weight is 806 g/mol. The van der Waals surface area contributed by atoms with Crippen LogP contribution in [0.1, 0.15) is 96.2 Å². The van der Waals surface area contributed by atoms with Crippen LogP contribution in [-0.4, -0.2) is 94.2 Å². The molecule has 6 amide bonds. The van der Waals surface area contributed by atoms with Gasteiger partial charge in [-0.15, -0.1) is 0 Å². The maximum absolute atomic E-state index is 15.3. The Balaban J connectivity index is 0.903. The van der Waals surface area contributed by atoms with Gasteiger partial charge in [0.2, 0.25) is 17.7 Å². The molecule has 4 aliphatic rings. The Bertz CT molecular complexity index is 2140. The first kappa shape index (κ1) is 39.8. The Morgan fingerprint density at radius 2 is 1.86 bits per heavy atom. The van der Waals surface area contributed by atoms with Crippen LogP contribution in [0.25, 0.3) is 11.0 Å². The fourth-order valence-electron chi connectivity index (χ4n) is 8.23. The van der Waals surface area contributed by atoms with Crippen molar-refractivity contribution >= 4 is 64.1 Å². The Labute approximate surface area is 331 Å². The molecule has 3 fully saturated rings. The SMILES string of the molecule is COc1ccc2c(c1)C(=O)N(C[C@@]1(c3cc4cc(C(=O)CCCCC[C@H](NC(=O)CCCC[C@@H]5SCC6NC(=O)NC65)C(=O)O)c(F)cc4o3)CC(=O)NC1=O)C2. The van der Waals surface area contributed by atoms with Gasteiger partial charge in [-0.25, -0.2) is 14.0 Å². The lowest BCUT2D eigenvalue weighted by atomic mass is 9.82. The van der Waals surface area contributed by atoms with Crippen molar-refractivity contribution in [2.45, 2.75) is 99.5 Å². The molecule has 5 N–H and O–H groups in total. The van der Waals surface area contributed by atoms with E-state index in [2.05, 4.69) is 21.3 Å². The summed E-state index contributed by atoms with van der Waals surface area (Å²) in [6, 6.07) is 8.03. The molecule has 2 aromatic carbocycles. The standard InChI is InChI=1S/C40H44FN5O10S/c1-55-23-12-11-21-18-46(36(50)24(21)15-23)20-40(17-34(49)44-38(40)53)32-14-22-13-25(26(41)16-30(22)56-32)29(47)8-4-2-3-7-27(37(51)52)42-33(48)10-6-5-9-31-35-28(19-57-31)43-39(54)45-35/h11-16,27-28,31,35H,2-10,17-20H2,1H3,(H,42,48)(H,51,52)(H2,43,45,54)(H,44,49,53)/t27-,28?,31-,35?,40+/m0/s1. The van der Waals surface area contributed by atoms with Crippen molar-refractivity contribution in [1.29, 1.82) is 0 Å². The number of methoxy groups -OCH3 is 1. The number of nitrogens with one attached hydrogen (secondary N) is 4. The molecule has 57 heavy (non-hydrogen) atoms. The van der Waals surface area contributed by atoms with Gasteiger partial charge < -0.3 is 35.1 Å². The summed E-state index contributed by atoms with van der Waals surface area (Å²) < 4.78 is 26.6. The molecular formula is C40H44FN5O10S. The van der Waals surface area contributed by atoms with Crippen LogP contribution in [0.2, 0.25) is 0 Å². The van der Waals surface area contributed by atoms with E-state index in [9.17, 15) is 38.7 Å².